The molecule has 0 bridgehead atoms. The van der Waals surface area contributed by atoms with E-state index in [9.17, 15) is 18.0 Å². The number of alkyl halides is 3. The quantitative estimate of drug-likeness (QED) is 0.835. The first-order valence-corrected chi connectivity index (χ1v) is 8.83. The minimum atomic E-state index is -4.24. The third-order valence-corrected chi connectivity index (χ3v) is 5.11. The normalized spacial score (nSPS) is 18.5. The molecule has 3 rings (SSSR count). The third-order valence-electron chi connectivity index (χ3n) is 5.11. The molecule has 3 heterocycles. The highest BCUT2D eigenvalue weighted by Crippen LogP contribution is 2.33. The van der Waals surface area contributed by atoms with Crippen LogP contribution in [0.2, 0.25) is 0 Å². The summed E-state index contributed by atoms with van der Waals surface area (Å²) >= 11 is 0. The number of hydrogen-bond acceptors (Lipinski definition) is 3. The summed E-state index contributed by atoms with van der Waals surface area (Å²) in [5.41, 5.74) is 4.30. The maximum atomic E-state index is 12.9. The maximum absolute atomic E-state index is 12.9. The van der Waals surface area contributed by atoms with Crippen molar-refractivity contribution in [1.29, 1.82) is 0 Å². The van der Waals surface area contributed by atoms with Gasteiger partial charge < -0.3 is 4.90 Å². The van der Waals surface area contributed by atoms with Crippen molar-refractivity contribution in [1.82, 2.24) is 19.5 Å². The van der Waals surface area contributed by atoms with Crippen LogP contribution in [-0.4, -0.2) is 44.7 Å². The summed E-state index contributed by atoms with van der Waals surface area (Å²) in [5, 5.41) is 4.40. The minimum Gasteiger partial charge on any atom is -0.342 e. The van der Waals surface area contributed by atoms with Gasteiger partial charge in [-0.2, -0.15) is 18.3 Å². The van der Waals surface area contributed by atoms with Crippen LogP contribution in [0, 0.1) is 26.7 Å². The van der Waals surface area contributed by atoms with Crippen molar-refractivity contribution >= 4 is 11.6 Å². The molecular formula is C18H23F3N4O. The van der Waals surface area contributed by atoms with Gasteiger partial charge in [-0.1, -0.05) is 0 Å². The molecule has 1 unspecified atom stereocenters. The number of piperidine rings is 1. The number of amides is 1. The molecule has 0 aliphatic carbocycles. The summed E-state index contributed by atoms with van der Waals surface area (Å²) in [4.78, 5) is 18.3. The van der Waals surface area contributed by atoms with E-state index in [2.05, 4.69) is 10.1 Å². The lowest BCUT2D eigenvalue weighted by Crippen LogP contribution is -2.44. The fraction of sp³-hybridized carbons (Fsp3) is 0.611. The Morgan fingerprint density at radius 3 is 2.73 bits per heavy atom. The first kappa shape index (κ1) is 18.7. The Hall–Kier alpha value is -2.12. The van der Waals surface area contributed by atoms with E-state index in [1.807, 2.05) is 26.8 Å². The van der Waals surface area contributed by atoms with Crippen molar-refractivity contribution in [3.63, 3.8) is 0 Å². The second-order valence-corrected chi connectivity index (χ2v) is 7.04. The van der Waals surface area contributed by atoms with Gasteiger partial charge in [-0.3, -0.25) is 4.79 Å². The Kier molecular flexibility index (Phi) is 4.94. The molecule has 0 N–H and O–H groups in total. The second kappa shape index (κ2) is 6.89. The molecule has 2 aromatic heterocycles. The largest absolute Gasteiger partial charge is 0.393 e. The second-order valence-electron chi connectivity index (χ2n) is 7.04. The van der Waals surface area contributed by atoms with Gasteiger partial charge in [-0.05, 0) is 45.6 Å². The number of aryl methyl sites for hydroxylation is 3. The molecule has 0 radical (unpaired) electrons. The van der Waals surface area contributed by atoms with Crippen LogP contribution in [-0.2, 0) is 11.2 Å². The van der Waals surface area contributed by atoms with E-state index in [4.69, 9.17) is 0 Å². The molecule has 1 aliphatic rings. The summed E-state index contributed by atoms with van der Waals surface area (Å²) in [7, 11) is 0. The molecule has 5 nitrogen and oxygen atoms in total. The molecule has 0 spiro atoms. The zero-order valence-corrected chi connectivity index (χ0v) is 15.2. The maximum Gasteiger partial charge on any atom is 0.393 e. The van der Waals surface area contributed by atoms with E-state index in [-0.39, 0.29) is 25.3 Å². The fourth-order valence-electron chi connectivity index (χ4n) is 3.66. The number of likely N-dealkylation sites (tertiary alicyclic amines) is 1. The first-order valence-electron chi connectivity index (χ1n) is 8.83. The minimum absolute atomic E-state index is 0.102. The zero-order valence-electron chi connectivity index (χ0n) is 15.2. The molecule has 1 fully saturated rings. The van der Waals surface area contributed by atoms with Gasteiger partial charge in [0.2, 0.25) is 5.91 Å². The lowest BCUT2D eigenvalue weighted by molar-refractivity contribution is -0.188. The number of aromatic nitrogens is 3. The number of carbonyl (C=O) groups is 1. The van der Waals surface area contributed by atoms with Crippen molar-refractivity contribution in [3.05, 3.63) is 28.7 Å². The van der Waals surface area contributed by atoms with E-state index in [1.165, 1.54) is 4.90 Å². The zero-order chi connectivity index (χ0) is 19.1. The Balaban J connectivity index is 1.71. The number of halogens is 3. The van der Waals surface area contributed by atoms with Crippen LogP contribution < -0.4 is 0 Å². The Morgan fingerprint density at radius 2 is 2.04 bits per heavy atom. The predicted molar refractivity (Wildman–Crippen MR) is 90.9 cm³/mol. The van der Waals surface area contributed by atoms with E-state index < -0.39 is 12.1 Å². The van der Waals surface area contributed by atoms with E-state index in [1.54, 1.807) is 4.52 Å². The SMILES string of the molecule is Cc1cc2nc(C)c(CCC(=O)N3CCCC(C(F)(F)F)C3)c(C)n2n1. The molecule has 1 saturated heterocycles. The highest BCUT2D eigenvalue weighted by molar-refractivity contribution is 5.76. The Bertz CT molecular complexity index is 828. The number of rotatable bonds is 3. The van der Waals surface area contributed by atoms with E-state index in [0.29, 0.717) is 19.4 Å². The molecule has 26 heavy (non-hydrogen) atoms. The van der Waals surface area contributed by atoms with Gasteiger partial charge in [0.1, 0.15) is 0 Å². The topological polar surface area (TPSA) is 50.5 Å². The van der Waals surface area contributed by atoms with Gasteiger partial charge in [-0.25, -0.2) is 9.50 Å². The van der Waals surface area contributed by atoms with Crippen LogP contribution in [0.15, 0.2) is 6.07 Å². The molecule has 0 saturated carbocycles. The average molecular weight is 368 g/mol. The summed E-state index contributed by atoms with van der Waals surface area (Å²) in [6, 6.07) is 1.89. The highest BCUT2D eigenvalue weighted by atomic mass is 19.4. The molecule has 1 aliphatic heterocycles. The molecular weight excluding hydrogens is 345 g/mol. The summed E-state index contributed by atoms with van der Waals surface area (Å²) in [5.74, 6) is -1.64. The van der Waals surface area contributed by atoms with Crippen molar-refractivity contribution < 1.29 is 18.0 Å². The van der Waals surface area contributed by atoms with Gasteiger partial charge in [0.25, 0.3) is 0 Å². The Morgan fingerprint density at radius 1 is 1.31 bits per heavy atom. The number of fused-ring (bicyclic) bond motifs is 1. The Labute approximate surface area is 150 Å². The van der Waals surface area contributed by atoms with Crippen LogP contribution in [0.5, 0.6) is 0 Å². The number of carbonyl (C=O) groups excluding carboxylic acids is 1. The van der Waals surface area contributed by atoms with Crippen LogP contribution in [0.1, 0.15) is 41.9 Å². The van der Waals surface area contributed by atoms with Crippen molar-refractivity contribution in [2.24, 2.45) is 5.92 Å². The summed E-state index contributed by atoms with van der Waals surface area (Å²) in [6.45, 7) is 5.87. The van der Waals surface area contributed by atoms with Crippen molar-refractivity contribution in [2.45, 2.75) is 52.6 Å². The average Bonchev–Trinajstić information content (AvgIpc) is 2.94. The van der Waals surface area contributed by atoms with Gasteiger partial charge in [0.15, 0.2) is 5.65 Å². The predicted octanol–water partition coefficient (Wildman–Crippen LogP) is 3.39. The van der Waals surface area contributed by atoms with Crippen LogP contribution in [0.3, 0.4) is 0 Å². The molecule has 142 valence electrons. The van der Waals surface area contributed by atoms with E-state index in [0.717, 1.165) is 28.3 Å². The van der Waals surface area contributed by atoms with Gasteiger partial charge in [0, 0.05) is 37.0 Å². The molecule has 0 aromatic carbocycles. The van der Waals surface area contributed by atoms with Gasteiger partial charge in [-0.15, -0.1) is 0 Å². The lowest BCUT2D eigenvalue weighted by atomic mass is 9.97. The summed E-state index contributed by atoms with van der Waals surface area (Å²) in [6.07, 6.45) is -3.11. The van der Waals surface area contributed by atoms with Gasteiger partial charge >= 0.3 is 6.18 Å². The van der Waals surface area contributed by atoms with Crippen molar-refractivity contribution in [3.8, 4) is 0 Å². The van der Waals surface area contributed by atoms with Gasteiger partial charge in [0.05, 0.1) is 11.6 Å². The summed E-state index contributed by atoms with van der Waals surface area (Å²) < 4.78 is 40.5. The van der Waals surface area contributed by atoms with Crippen LogP contribution in [0.4, 0.5) is 13.2 Å². The monoisotopic (exact) mass is 368 g/mol. The smallest absolute Gasteiger partial charge is 0.342 e. The van der Waals surface area contributed by atoms with E-state index >= 15 is 0 Å². The standard InChI is InChI=1S/C18H23F3N4O/c1-11-9-16-22-12(2)15(13(3)25(16)23-11)6-7-17(26)24-8-4-5-14(10-24)18(19,20)21/h9,14H,4-8,10H2,1-3H3. The molecule has 1 amide bonds. The fourth-order valence-corrected chi connectivity index (χ4v) is 3.66. The lowest BCUT2D eigenvalue weighted by Gasteiger charge is -2.33. The molecule has 8 heteroatoms. The first-order chi connectivity index (χ1) is 12.2. The third kappa shape index (κ3) is 3.68. The molecule has 1 atom stereocenters. The highest BCUT2D eigenvalue weighted by Gasteiger charge is 2.42. The van der Waals surface area contributed by atoms with Crippen molar-refractivity contribution in [2.75, 3.05) is 13.1 Å². The van der Waals surface area contributed by atoms with Crippen LogP contribution in [0.25, 0.3) is 5.65 Å². The van der Waals surface area contributed by atoms with Crippen LogP contribution >= 0.6 is 0 Å². The number of nitrogens with zero attached hydrogens (tertiary/aromatic N) is 4. The number of hydrogen-bond donors (Lipinski definition) is 0. The molecule has 2 aromatic rings.